The highest BCUT2D eigenvalue weighted by atomic mass is 35.5. The van der Waals surface area contributed by atoms with Crippen molar-refractivity contribution in [3.63, 3.8) is 0 Å². The van der Waals surface area contributed by atoms with Gasteiger partial charge >= 0.3 is 0 Å². The number of hydrogen-bond acceptors (Lipinski definition) is 4. The molecule has 208 valence electrons. The molecule has 0 aromatic heterocycles. The van der Waals surface area contributed by atoms with Crippen LogP contribution in [0.25, 0.3) is 0 Å². The molecule has 3 aromatic rings. The van der Waals surface area contributed by atoms with E-state index in [2.05, 4.69) is 5.32 Å². The Balaban J connectivity index is 2.07. The summed E-state index contributed by atoms with van der Waals surface area (Å²) < 4.78 is 28.5. The fourth-order valence-corrected chi connectivity index (χ4v) is 5.92. The highest BCUT2D eigenvalue weighted by Gasteiger charge is 2.34. The quantitative estimate of drug-likeness (QED) is 0.314. The Hall–Kier alpha value is -2.78. The van der Waals surface area contributed by atoms with Crippen molar-refractivity contribution in [3.05, 3.63) is 93.4 Å². The second-order valence-electron chi connectivity index (χ2n) is 9.94. The third-order valence-corrected chi connectivity index (χ3v) is 8.49. The fraction of sp³-hybridized carbons (Fsp3) is 0.286. The molecule has 0 saturated carbocycles. The number of hydrogen-bond donors (Lipinski definition) is 1. The molecular formula is C28H30Cl3N3O4S. The minimum Gasteiger partial charge on any atom is -0.350 e. The topological polar surface area (TPSA) is 86.8 Å². The third-order valence-electron chi connectivity index (χ3n) is 5.76. The Morgan fingerprint density at radius 1 is 0.897 bits per heavy atom. The second kappa shape index (κ2) is 12.6. The second-order valence-corrected chi connectivity index (χ2v) is 13.1. The van der Waals surface area contributed by atoms with E-state index in [-0.39, 0.29) is 17.1 Å². The van der Waals surface area contributed by atoms with Crippen molar-refractivity contribution in [2.75, 3.05) is 10.8 Å². The van der Waals surface area contributed by atoms with Crippen LogP contribution in [-0.2, 0) is 26.2 Å². The number of benzene rings is 3. The highest BCUT2D eigenvalue weighted by Crippen LogP contribution is 2.29. The Labute approximate surface area is 244 Å². The van der Waals surface area contributed by atoms with Crippen LogP contribution in [-0.4, -0.2) is 43.3 Å². The lowest BCUT2D eigenvalue weighted by atomic mass is 10.1. The average molecular weight is 611 g/mol. The number of carbonyl (C=O) groups is 2. The van der Waals surface area contributed by atoms with Gasteiger partial charge in [0, 0.05) is 32.7 Å². The Morgan fingerprint density at radius 2 is 1.49 bits per heavy atom. The standard InChI is InChI=1S/C28H30Cl3N3O4S/c1-19(27(36)32-28(2,3)4)33(17-23-24(30)14-9-15-25(23)31)26(35)18-34(21-11-8-10-20(29)16-21)39(37,38)22-12-6-5-7-13-22/h5-16,19H,17-18H2,1-4H3,(H,32,36)/t19-/m0/s1. The molecule has 0 aliphatic heterocycles. The van der Waals surface area contributed by atoms with E-state index in [1.54, 1.807) is 61.5 Å². The molecule has 3 rings (SSSR count). The van der Waals surface area contributed by atoms with Gasteiger partial charge in [0.15, 0.2) is 0 Å². The lowest BCUT2D eigenvalue weighted by molar-refractivity contribution is -0.140. The summed E-state index contributed by atoms with van der Waals surface area (Å²) in [6.07, 6.45) is 0. The van der Waals surface area contributed by atoms with Crippen LogP contribution in [0.2, 0.25) is 15.1 Å². The van der Waals surface area contributed by atoms with E-state index >= 15 is 0 Å². The molecule has 0 saturated heterocycles. The monoisotopic (exact) mass is 609 g/mol. The zero-order chi connectivity index (χ0) is 29.0. The van der Waals surface area contributed by atoms with Gasteiger partial charge in [0.2, 0.25) is 11.8 Å². The first-order chi connectivity index (χ1) is 18.2. The molecule has 11 heteroatoms. The molecular weight excluding hydrogens is 581 g/mol. The van der Waals surface area contributed by atoms with Crippen LogP contribution >= 0.6 is 34.8 Å². The molecule has 0 radical (unpaired) electrons. The maximum Gasteiger partial charge on any atom is 0.264 e. The van der Waals surface area contributed by atoms with Gasteiger partial charge < -0.3 is 10.2 Å². The third kappa shape index (κ3) is 7.88. The van der Waals surface area contributed by atoms with Crippen LogP contribution in [0.1, 0.15) is 33.3 Å². The molecule has 7 nitrogen and oxygen atoms in total. The van der Waals surface area contributed by atoms with Crippen LogP contribution in [0.3, 0.4) is 0 Å². The highest BCUT2D eigenvalue weighted by molar-refractivity contribution is 7.92. The first-order valence-electron chi connectivity index (χ1n) is 12.1. The average Bonchev–Trinajstić information content (AvgIpc) is 2.86. The zero-order valence-electron chi connectivity index (χ0n) is 22.0. The summed E-state index contributed by atoms with van der Waals surface area (Å²) in [6, 6.07) is 17.9. The van der Waals surface area contributed by atoms with Crippen LogP contribution in [0.5, 0.6) is 0 Å². The van der Waals surface area contributed by atoms with Gasteiger partial charge in [-0.15, -0.1) is 0 Å². The largest absolute Gasteiger partial charge is 0.350 e. The number of amides is 2. The molecule has 1 atom stereocenters. The fourth-order valence-electron chi connectivity index (χ4n) is 3.79. The van der Waals surface area contributed by atoms with Crippen molar-refractivity contribution in [2.24, 2.45) is 0 Å². The van der Waals surface area contributed by atoms with E-state index in [1.165, 1.54) is 23.1 Å². The Kier molecular flexibility index (Phi) is 9.93. The van der Waals surface area contributed by atoms with Gasteiger partial charge in [-0.25, -0.2) is 8.42 Å². The molecule has 0 unspecified atom stereocenters. The van der Waals surface area contributed by atoms with Gasteiger partial charge in [0.1, 0.15) is 12.6 Å². The van der Waals surface area contributed by atoms with E-state index in [1.807, 2.05) is 20.8 Å². The predicted molar refractivity (Wildman–Crippen MR) is 157 cm³/mol. The molecule has 2 amide bonds. The van der Waals surface area contributed by atoms with Crippen LogP contribution in [0.4, 0.5) is 5.69 Å². The molecule has 3 aromatic carbocycles. The van der Waals surface area contributed by atoms with E-state index in [0.29, 0.717) is 20.6 Å². The smallest absolute Gasteiger partial charge is 0.264 e. The minimum absolute atomic E-state index is 0.00278. The summed E-state index contributed by atoms with van der Waals surface area (Å²) in [4.78, 5) is 28.4. The predicted octanol–water partition coefficient (Wildman–Crippen LogP) is 6.17. The minimum atomic E-state index is -4.19. The van der Waals surface area contributed by atoms with Crippen LogP contribution < -0.4 is 9.62 Å². The number of carbonyl (C=O) groups excluding carboxylic acids is 2. The van der Waals surface area contributed by atoms with Gasteiger partial charge in [0.05, 0.1) is 10.6 Å². The zero-order valence-corrected chi connectivity index (χ0v) is 25.1. The number of nitrogens with one attached hydrogen (secondary N) is 1. The summed E-state index contributed by atoms with van der Waals surface area (Å²) >= 11 is 19.0. The van der Waals surface area contributed by atoms with Gasteiger partial charge in [-0.05, 0) is 70.2 Å². The van der Waals surface area contributed by atoms with Crippen molar-refractivity contribution in [3.8, 4) is 0 Å². The molecule has 0 heterocycles. The number of halogens is 3. The van der Waals surface area contributed by atoms with Gasteiger partial charge in [-0.2, -0.15) is 0 Å². The molecule has 0 aliphatic rings. The van der Waals surface area contributed by atoms with Crippen molar-refractivity contribution in [1.82, 2.24) is 10.2 Å². The van der Waals surface area contributed by atoms with Gasteiger partial charge in [-0.3, -0.25) is 13.9 Å². The normalized spacial score (nSPS) is 12.5. The SMILES string of the molecule is C[C@@H](C(=O)NC(C)(C)C)N(Cc1c(Cl)cccc1Cl)C(=O)CN(c1cccc(Cl)c1)S(=O)(=O)c1ccccc1. The lowest BCUT2D eigenvalue weighted by Gasteiger charge is -2.33. The Morgan fingerprint density at radius 3 is 2.05 bits per heavy atom. The molecule has 0 bridgehead atoms. The summed E-state index contributed by atoms with van der Waals surface area (Å²) in [5, 5.41) is 3.79. The molecule has 1 N–H and O–H groups in total. The van der Waals surface area contributed by atoms with Crippen LogP contribution in [0.15, 0.2) is 77.7 Å². The van der Waals surface area contributed by atoms with Crippen LogP contribution in [0, 0.1) is 0 Å². The number of nitrogens with zero attached hydrogens (tertiary/aromatic N) is 2. The number of anilines is 1. The van der Waals surface area contributed by atoms with E-state index < -0.39 is 40.0 Å². The number of sulfonamides is 1. The summed E-state index contributed by atoms with van der Waals surface area (Å²) in [5.41, 5.74) is 0.0676. The Bertz CT molecular complexity index is 1420. The van der Waals surface area contributed by atoms with Gasteiger partial charge in [-0.1, -0.05) is 65.1 Å². The molecule has 0 spiro atoms. The lowest BCUT2D eigenvalue weighted by Crippen LogP contribution is -2.54. The molecule has 0 aliphatic carbocycles. The molecule has 39 heavy (non-hydrogen) atoms. The van der Waals surface area contributed by atoms with E-state index in [4.69, 9.17) is 34.8 Å². The van der Waals surface area contributed by atoms with Crippen molar-refractivity contribution >= 4 is 62.3 Å². The first kappa shape index (κ1) is 30.8. The maximum absolute atomic E-state index is 13.9. The first-order valence-corrected chi connectivity index (χ1v) is 14.7. The summed E-state index contributed by atoms with van der Waals surface area (Å²) in [5.74, 6) is -1.05. The van der Waals surface area contributed by atoms with Gasteiger partial charge in [0.25, 0.3) is 10.0 Å². The van der Waals surface area contributed by atoms with Crippen molar-refractivity contribution < 1.29 is 18.0 Å². The van der Waals surface area contributed by atoms with E-state index in [0.717, 1.165) is 4.31 Å². The summed E-state index contributed by atoms with van der Waals surface area (Å²) in [6.45, 7) is 6.31. The van der Waals surface area contributed by atoms with E-state index in [9.17, 15) is 18.0 Å². The summed E-state index contributed by atoms with van der Waals surface area (Å²) in [7, 11) is -4.19. The maximum atomic E-state index is 13.9. The molecule has 0 fully saturated rings. The van der Waals surface area contributed by atoms with Crippen molar-refractivity contribution in [1.29, 1.82) is 0 Å². The number of rotatable bonds is 9. The van der Waals surface area contributed by atoms with Crippen molar-refractivity contribution in [2.45, 2.75) is 50.7 Å².